The molecule has 234 valence electrons. The van der Waals surface area contributed by atoms with Gasteiger partial charge in [-0.05, 0) is 77.6 Å². The smallest absolute Gasteiger partial charge is 0.434 e. The number of hydrogen-bond acceptors (Lipinski definition) is 6. The van der Waals surface area contributed by atoms with Gasteiger partial charge in [0.15, 0.2) is 10.5 Å². The van der Waals surface area contributed by atoms with E-state index in [1.165, 1.54) is 37.3 Å². The third-order valence-electron chi connectivity index (χ3n) is 6.49. The molecule has 0 bridgehead atoms. The van der Waals surface area contributed by atoms with Crippen LogP contribution >= 0.6 is 84.7 Å². The normalized spacial score (nSPS) is 15.1. The Morgan fingerprint density at radius 1 is 1.11 bits per heavy atom. The van der Waals surface area contributed by atoms with Crippen molar-refractivity contribution in [1.82, 2.24) is 4.57 Å². The largest absolute Gasteiger partial charge is 0.487 e. The van der Waals surface area contributed by atoms with Crippen molar-refractivity contribution < 1.29 is 27.4 Å². The summed E-state index contributed by atoms with van der Waals surface area (Å²) in [6.45, 7) is 1.36. The molecule has 0 N–H and O–H groups in total. The lowest BCUT2D eigenvalue weighted by atomic mass is 9.95. The number of carbonyl (C=O) groups excluding carboxylic acids is 1. The number of thiazole rings is 1. The molecule has 1 aliphatic rings. The average molecular weight is 873 g/mol. The van der Waals surface area contributed by atoms with Crippen molar-refractivity contribution in [1.29, 1.82) is 0 Å². The van der Waals surface area contributed by atoms with Crippen molar-refractivity contribution in [2.45, 2.75) is 25.7 Å². The summed E-state index contributed by atoms with van der Waals surface area (Å²) in [7, 11) is 0. The van der Waals surface area contributed by atoms with E-state index in [1.54, 1.807) is 30.3 Å². The second-order valence-electron chi connectivity index (χ2n) is 9.45. The van der Waals surface area contributed by atoms with E-state index in [4.69, 9.17) is 44.3 Å². The zero-order valence-electron chi connectivity index (χ0n) is 22.7. The van der Waals surface area contributed by atoms with E-state index in [-0.39, 0.29) is 28.1 Å². The van der Waals surface area contributed by atoms with Gasteiger partial charge in [-0.3, -0.25) is 9.36 Å². The maximum Gasteiger partial charge on any atom is 0.434 e. The van der Waals surface area contributed by atoms with Gasteiger partial charge < -0.3 is 9.47 Å². The predicted octanol–water partition coefficient (Wildman–Crippen LogP) is 8.25. The Kier molecular flexibility index (Phi) is 10.4. The molecule has 6 nitrogen and oxygen atoms in total. The molecule has 1 aromatic heterocycles. The van der Waals surface area contributed by atoms with Crippen molar-refractivity contribution in [3.8, 4) is 5.75 Å². The minimum Gasteiger partial charge on any atom is -0.487 e. The van der Waals surface area contributed by atoms with E-state index >= 15 is 0 Å². The number of halogens is 8. The van der Waals surface area contributed by atoms with Crippen molar-refractivity contribution in [2.24, 2.45) is 4.99 Å². The quantitative estimate of drug-likeness (QED) is 0.139. The number of benzene rings is 3. The van der Waals surface area contributed by atoms with Gasteiger partial charge in [-0.1, -0.05) is 80.3 Å². The molecule has 0 amide bonds. The fourth-order valence-electron chi connectivity index (χ4n) is 4.57. The molecular formula is C30H18BrCl3F3IN2O4S. The Morgan fingerprint density at radius 2 is 1.80 bits per heavy atom. The van der Waals surface area contributed by atoms with Gasteiger partial charge in [-0.2, -0.15) is 13.2 Å². The molecule has 0 unspecified atom stereocenters. The SMILES string of the molecule is CCOC(=O)C1=C(C(F)(F)F)N=c2s/c(=C\c3cc(Br)cc(I)c3OCc3ccc(Cl)cc3Cl)c(=O)n2[C@@H]1c1ccc(Cl)cc1. The summed E-state index contributed by atoms with van der Waals surface area (Å²) in [6.07, 6.45) is -3.51. The van der Waals surface area contributed by atoms with E-state index in [9.17, 15) is 22.8 Å². The second-order valence-corrected chi connectivity index (χ2v) is 13.8. The number of carbonyl (C=O) groups is 1. The maximum absolute atomic E-state index is 14.4. The van der Waals surface area contributed by atoms with E-state index in [2.05, 4.69) is 43.5 Å². The Balaban J connectivity index is 1.71. The number of rotatable bonds is 7. The number of allylic oxidation sites excluding steroid dienone is 1. The number of alkyl halides is 3. The molecule has 3 aromatic carbocycles. The minimum atomic E-state index is -5.02. The predicted molar refractivity (Wildman–Crippen MR) is 180 cm³/mol. The highest BCUT2D eigenvalue weighted by Crippen LogP contribution is 2.39. The molecule has 0 saturated carbocycles. The van der Waals surface area contributed by atoms with Gasteiger partial charge in [0.05, 0.1) is 26.3 Å². The molecule has 0 aliphatic carbocycles. The van der Waals surface area contributed by atoms with Crippen LogP contribution in [-0.4, -0.2) is 23.3 Å². The third-order valence-corrected chi connectivity index (χ3v) is 9.57. The summed E-state index contributed by atoms with van der Waals surface area (Å²) in [4.78, 5) is 30.6. The lowest BCUT2D eigenvalue weighted by molar-refractivity contribution is -0.140. The number of ether oxygens (including phenoxy) is 2. The first kappa shape index (κ1) is 34.0. The van der Waals surface area contributed by atoms with E-state index < -0.39 is 35.0 Å². The van der Waals surface area contributed by atoms with Crippen molar-refractivity contribution >= 4 is 96.7 Å². The first-order chi connectivity index (χ1) is 21.3. The van der Waals surface area contributed by atoms with Crippen molar-refractivity contribution in [2.75, 3.05) is 6.61 Å². The van der Waals surface area contributed by atoms with Crippen LogP contribution in [0.25, 0.3) is 6.08 Å². The van der Waals surface area contributed by atoms with Crippen LogP contribution in [-0.2, 0) is 16.1 Å². The number of nitrogens with zero attached hydrogens (tertiary/aromatic N) is 2. The summed E-state index contributed by atoms with van der Waals surface area (Å²) in [5, 5.41) is 1.19. The molecule has 1 aliphatic heterocycles. The second kappa shape index (κ2) is 13.8. The number of fused-ring (bicyclic) bond motifs is 1. The summed E-state index contributed by atoms with van der Waals surface area (Å²) in [5.74, 6) is -0.825. The first-order valence-corrected chi connectivity index (χ1v) is 16.7. The van der Waals surface area contributed by atoms with Gasteiger partial charge in [0.2, 0.25) is 0 Å². The Morgan fingerprint density at radius 3 is 2.44 bits per heavy atom. The molecular weight excluding hydrogens is 855 g/mol. The van der Waals surface area contributed by atoms with Gasteiger partial charge >= 0.3 is 12.1 Å². The van der Waals surface area contributed by atoms with Crippen molar-refractivity contribution in [3.05, 3.63) is 125 Å². The van der Waals surface area contributed by atoms with Crippen molar-refractivity contribution in [3.63, 3.8) is 0 Å². The molecule has 0 radical (unpaired) electrons. The van der Waals surface area contributed by atoms with Crippen LogP contribution in [0.2, 0.25) is 15.1 Å². The highest BCUT2D eigenvalue weighted by molar-refractivity contribution is 14.1. The van der Waals surface area contributed by atoms with Gasteiger partial charge in [-0.25, -0.2) is 9.79 Å². The summed E-state index contributed by atoms with van der Waals surface area (Å²) >= 11 is 24.7. The van der Waals surface area contributed by atoms with E-state index in [0.29, 0.717) is 40.0 Å². The fourth-order valence-corrected chi connectivity index (χ4v) is 7.86. The standard InChI is InChI=1S/C30H18BrCl3F3IN2O4S/c1-2-43-28(42)23-24(14-3-6-18(32)7-4-14)40-27(41)22(45-29(40)39-26(23)30(35,36)37)10-16-9-17(31)11-21(38)25(16)44-13-15-5-8-19(33)12-20(15)34/h3-12,24H,2,13H2,1H3/b22-10-/t24-/m1/s1. The Labute approximate surface area is 295 Å². The van der Waals surface area contributed by atoms with E-state index in [0.717, 1.165) is 15.9 Å². The number of esters is 1. The molecule has 0 fully saturated rings. The monoisotopic (exact) mass is 870 g/mol. The molecule has 0 saturated heterocycles. The van der Waals surface area contributed by atoms with Crippen LogP contribution in [0, 0.1) is 3.57 Å². The van der Waals surface area contributed by atoms with Gasteiger partial charge in [-0.15, -0.1) is 0 Å². The molecule has 2 heterocycles. The van der Waals surface area contributed by atoms with Crippen LogP contribution in [0.5, 0.6) is 5.75 Å². The molecule has 45 heavy (non-hydrogen) atoms. The molecule has 4 aromatic rings. The zero-order chi connectivity index (χ0) is 32.6. The topological polar surface area (TPSA) is 69.9 Å². The minimum absolute atomic E-state index is 0.0580. The maximum atomic E-state index is 14.4. The summed E-state index contributed by atoms with van der Waals surface area (Å²) < 4.78 is 56.8. The Hall–Kier alpha value is -2.36. The lowest BCUT2D eigenvalue weighted by Gasteiger charge is -2.26. The van der Waals surface area contributed by atoms with E-state index in [1.807, 2.05) is 0 Å². The third kappa shape index (κ3) is 7.31. The van der Waals surface area contributed by atoms with Crippen LogP contribution in [0.3, 0.4) is 0 Å². The zero-order valence-corrected chi connectivity index (χ0v) is 29.6. The molecule has 1 atom stereocenters. The van der Waals surface area contributed by atoms with Crippen LogP contribution < -0.4 is 19.6 Å². The number of hydrogen-bond donors (Lipinski definition) is 0. The van der Waals surface area contributed by atoms with Gasteiger partial charge in [0, 0.05) is 30.7 Å². The first-order valence-electron chi connectivity index (χ1n) is 12.9. The molecule has 5 rings (SSSR count). The fraction of sp³-hybridized carbons (Fsp3) is 0.167. The van der Waals surface area contributed by atoms with Crippen LogP contribution in [0.1, 0.15) is 29.7 Å². The van der Waals surface area contributed by atoms with Gasteiger partial charge in [0.1, 0.15) is 12.4 Å². The highest BCUT2D eigenvalue weighted by atomic mass is 127. The Bertz CT molecular complexity index is 2030. The molecule has 15 heteroatoms. The highest BCUT2D eigenvalue weighted by Gasteiger charge is 2.45. The summed E-state index contributed by atoms with van der Waals surface area (Å²) in [6, 6.07) is 12.9. The van der Waals surface area contributed by atoms with Gasteiger partial charge in [0.25, 0.3) is 5.56 Å². The average Bonchev–Trinajstić information content (AvgIpc) is 3.27. The van der Waals surface area contributed by atoms with Crippen LogP contribution in [0.4, 0.5) is 13.2 Å². The number of aromatic nitrogens is 1. The molecule has 0 spiro atoms. The van der Waals surface area contributed by atoms with Crippen LogP contribution in [0.15, 0.2) is 80.1 Å². The lowest BCUT2D eigenvalue weighted by Crippen LogP contribution is -2.41. The summed E-state index contributed by atoms with van der Waals surface area (Å²) in [5.41, 5.74) is -1.55.